The first kappa shape index (κ1) is 13.9. The minimum atomic E-state index is -3.31. The van der Waals surface area contributed by atoms with E-state index in [1.165, 1.54) is 0 Å². The van der Waals surface area contributed by atoms with E-state index in [1.54, 1.807) is 13.8 Å². The van der Waals surface area contributed by atoms with E-state index in [2.05, 4.69) is 4.43 Å². The third kappa shape index (κ3) is 5.62. The lowest BCUT2D eigenvalue weighted by Gasteiger charge is -2.24. The van der Waals surface area contributed by atoms with Crippen LogP contribution in [0.2, 0.25) is 0 Å². The lowest BCUT2D eigenvalue weighted by atomic mass is 10.5. The molecule has 7 nitrogen and oxygen atoms in total. The maximum atomic E-state index is 8.91. The zero-order chi connectivity index (χ0) is 11.2. The molecule has 0 aliphatic heterocycles. The van der Waals surface area contributed by atoms with E-state index < -0.39 is 21.8 Å². The summed E-state index contributed by atoms with van der Waals surface area (Å²) in [6.07, 6.45) is -2.17. The highest BCUT2D eigenvalue weighted by Gasteiger charge is 2.35. The minimum absolute atomic E-state index is 0.304. The van der Waals surface area contributed by atoms with Crippen molar-refractivity contribution in [1.29, 1.82) is 0 Å². The molecule has 8 heteroatoms. The minimum Gasteiger partial charge on any atom is -0.376 e. The molecule has 0 bridgehead atoms. The van der Waals surface area contributed by atoms with Crippen LogP contribution in [0.25, 0.3) is 0 Å². The highest BCUT2D eigenvalue weighted by molar-refractivity contribution is 6.36. The van der Waals surface area contributed by atoms with Gasteiger partial charge in [0.05, 0.1) is 0 Å². The number of aliphatic hydroxyl groups excluding tert-OH is 1. The Hall–Kier alpha value is -0.0631. The molecule has 14 heavy (non-hydrogen) atoms. The largest absolute Gasteiger partial charge is 0.486 e. The molecule has 0 aromatic heterocycles. The third-order valence-corrected chi connectivity index (χ3v) is 2.87. The van der Waals surface area contributed by atoms with Crippen LogP contribution in [0.5, 0.6) is 0 Å². The molecule has 4 N–H and O–H groups in total. The summed E-state index contributed by atoms with van der Waals surface area (Å²) < 4.78 is 14.5. The molecule has 1 unspecified atom stereocenters. The van der Waals surface area contributed by atoms with E-state index >= 15 is 0 Å². The van der Waals surface area contributed by atoms with Crippen LogP contribution in [-0.2, 0) is 13.3 Å². The molecule has 0 heterocycles. The highest BCUT2D eigenvalue weighted by atomic mass is 28.3. The Kier molecular flexibility index (Phi) is 6.40. The summed E-state index contributed by atoms with van der Waals surface area (Å²) in [5.74, 6) is -3.31. The van der Waals surface area contributed by atoms with Crippen LogP contribution < -0.4 is 0 Å². The molecule has 86 valence electrons. The smallest absolute Gasteiger partial charge is 0.376 e. The van der Waals surface area contributed by atoms with E-state index in [0.29, 0.717) is 13.2 Å². The van der Waals surface area contributed by atoms with Gasteiger partial charge < -0.3 is 33.7 Å². The zero-order valence-corrected chi connectivity index (χ0v) is 9.24. The summed E-state index contributed by atoms with van der Waals surface area (Å²) in [5.41, 5.74) is 0. The maximum absolute atomic E-state index is 8.91. The third-order valence-electron chi connectivity index (χ3n) is 1.18. The summed E-state index contributed by atoms with van der Waals surface area (Å²) in [5, 5.41) is 34.5. The van der Waals surface area contributed by atoms with Gasteiger partial charge in [0.15, 0.2) is 0 Å². The first-order chi connectivity index (χ1) is 6.41. The van der Waals surface area contributed by atoms with E-state index in [-0.39, 0.29) is 0 Å². The molecule has 0 spiro atoms. The second kappa shape index (κ2) is 6.43. The quantitative estimate of drug-likeness (QED) is 0.288. The lowest BCUT2D eigenvalue weighted by molar-refractivity contribution is -0.394. The summed E-state index contributed by atoms with van der Waals surface area (Å²) in [6.45, 7) is 4.00. The highest BCUT2D eigenvalue weighted by Crippen LogP contribution is 2.06. The fraction of sp³-hybridized carbons (Fsp3) is 1.00. The summed E-state index contributed by atoms with van der Waals surface area (Å²) in [7, 11) is -2.62. The standard InChI is InChI=1S/C6H16O7Si/c1-3-11-14(12-4-2)13-5(7)6(8,9)10/h5,7-10,14H,3-4H2,1-2H3. The first-order valence-corrected chi connectivity index (χ1v) is 5.57. The SMILES string of the molecule is CCO[SiH](OCC)OC(O)C(O)(O)O. The van der Waals surface area contributed by atoms with Gasteiger partial charge >= 0.3 is 15.5 Å². The van der Waals surface area contributed by atoms with Gasteiger partial charge in [0.1, 0.15) is 0 Å². The molecule has 0 aromatic carbocycles. The summed E-state index contributed by atoms with van der Waals surface area (Å²) in [6, 6.07) is 0. The topological polar surface area (TPSA) is 109 Å². The van der Waals surface area contributed by atoms with Crippen molar-refractivity contribution in [1.82, 2.24) is 0 Å². The van der Waals surface area contributed by atoms with Crippen LogP contribution >= 0.6 is 0 Å². The van der Waals surface area contributed by atoms with Crippen molar-refractivity contribution in [2.45, 2.75) is 26.1 Å². The van der Waals surface area contributed by atoms with Gasteiger partial charge in [-0.05, 0) is 13.8 Å². The average molecular weight is 228 g/mol. The Morgan fingerprint density at radius 2 is 1.57 bits per heavy atom. The second-order valence-electron chi connectivity index (χ2n) is 2.38. The summed E-state index contributed by atoms with van der Waals surface area (Å²) in [4.78, 5) is 0. The number of hydrogen-bond donors (Lipinski definition) is 4. The molecule has 0 aromatic rings. The van der Waals surface area contributed by atoms with Crippen LogP contribution in [-0.4, -0.2) is 55.4 Å². The van der Waals surface area contributed by atoms with Crippen LogP contribution in [0.1, 0.15) is 13.8 Å². The van der Waals surface area contributed by atoms with Crippen molar-refractivity contribution in [3.05, 3.63) is 0 Å². The monoisotopic (exact) mass is 228 g/mol. The van der Waals surface area contributed by atoms with Crippen molar-refractivity contribution in [3.63, 3.8) is 0 Å². The maximum Gasteiger partial charge on any atom is 0.486 e. The van der Waals surface area contributed by atoms with E-state index in [9.17, 15) is 0 Å². The molecular weight excluding hydrogens is 212 g/mol. The number of aliphatic hydroxyl groups is 4. The second-order valence-corrected chi connectivity index (χ2v) is 3.89. The van der Waals surface area contributed by atoms with Crippen molar-refractivity contribution < 1.29 is 33.7 Å². The van der Waals surface area contributed by atoms with Gasteiger partial charge in [-0.25, -0.2) is 0 Å². The predicted octanol–water partition coefficient (Wildman–Crippen LogP) is -2.26. The molecule has 1 atom stereocenters. The summed E-state index contributed by atoms with van der Waals surface area (Å²) >= 11 is 0. The van der Waals surface area contributed by atoms with Gasteiger partial charge in [-0.1, -0.05) is 0 Å². The Morgan fingerprint density at radius 1 is 1.14 bits per heavy atom. The number of rotatable bonds is 7. The Morgan fingerprint density at radius 3 is 1.86 bits per heavy atom. The van der Waals surface area contributed by atoms with Crippen LogP contribution in [0.4, 0.5) is 0 Å². The van der Waals surface area contributed by atoms with Gasteiger partial charge in [-0.3, -0.25) is 0 Å². The van der Waals surface area contributed by atoms with Gasteiger partial charge in [0.2, 0.25) is 6.29 Å². The molecule has 0 rings (SSSR count). The molecular formula is C6H16O7Si. The Bertz CT molecular complexity index is 142. The molecule has 0 saturated carbocycles. The van der Waals surface area contributed by atoms with Gasteiger partial charge in [-0.15, -0.1) is 0 Å². The first-order valence-electron chi connectivity index (χ1n) is 4.15. The van der Waals surface area contributed by atoms with Gasteiger partial charge in [-0.2, -0.15) is 0 Å². The fourth-order valence-electron chi connectivity index (χ4n) is 0.595. The van der Waals surface area contributed by atoms with E-state index in [0.717, 1.165) is 0 Å². The van der Waals surface area contributed by atoms with Crippen molar-refractivity contribution in [2.75, 3.05) is 13.2 Å². The van der Waals surface area contributed by atoms with E-state index in [1.807, 2.05) is 0 Å². The number of hydrogen-bond acceptors (Lipinski definition) is 7. The Balaban J connectivity index is 4.01. The van der Waals surface area contributed by atoms with Crippen molar-refractivity contribution in [2.24, 2.45) is 0 Å². The van der Waals surface area contributed by atoms with E-state index in [4.69, 9.17) is 29.3 Å². The molecule has 0 aliphatic carbocycles. The van der Waals surface area contributed by atoms with Gasteiger partial charge in [0, 0.05) is 13.2 Å². The van der Waals surface area contributed by atoms with Crippen LogP contribution in [0.15, 0.2) is 0 Å². The van der Waals surface area contributed by atoms with Crippen LogP contribution in [0, 0.1) is 0 Å². The Labute approximate surface area is 83.4 Å². The lowest BCUT2D eigenvalue weighted by Crippen LogP contribution is -2.47. The van der Waals surface area contributed by atoms with Gasteiger partial charge in [0.25, 0.3) is 0 Å². The molecule has 0 aliphatic rings. The predicted molar refractivity (Wildman–Crippen MR) is 46.9 cm³/mol. The van der Waals surface area contributed by atoms with Crippen molar-refractivity contribution in [3.8, 4) is 0 Å². The molecule has 0 amide bonds. The zero-order valence-electron chi connectivity index (χ0n) is 8.08. The normalized spacial score (nSPS) is 14.8. The van der Waals surface area contributed by atoms with Crippen LogP contribution in [0.3, 0.4) is 0 Å². The molecule has 0 radical (unpaired) electrons. The average Bonchev–Trinajstić information content (AvgIpc) is 2.03. The fourth-order valence-corrected chi connectivity index (χ4v) is 1.79. The van der Waals surface area contributed by atoms with Crippen molar-refractivity contribution >= 4 is 9.53 Å². The molecule has 0 fully saturated rings. The molecule has 0 saturated heterocycles.